The molecule has 0 amide bonds. The van der Waals surface area contributed by atoms with Gasteiger partial charge in [0.25, 0.3) is 0 Å². The summed E-state index contributed by atoms with van der Waals surface area (Å²) in [5.74, 6) is 0.527. The first-order valence-electron chi connectivity index (χ1n) is 7.18. The molecule has 2 rings (SSSR count). The molecule has 1 aromatic heterocycles. The van der Waals surface area contributed by atoms with Gasteiger partial charge in [0, 0.05) is 18.8 Å². The number of ether oxygens (including phenoxy) is 2. The Hall–Kier alpha value is -1.62. The van der Waals surface area contributed by atoms with E-state index in [1.807, 2.05) is 6.08 Å². The molecule has 5 heteroatoms. The number of hydrogen-bond donors (Lipinski definition) is 0. The third kappa shape index (κ3) is 4.49. The van der Waals surface area contributed by atoms with Gasteiger partial charge in [-0.15, -0.1) is 6.58 Å². The average Bonchev–Trinajstić information content (AvgIpc) is 2.98. The van der Waals surface area contributed by atoms with Gasteiger partial charge in [0.1, 0.15) is 6.10 Å². The summed E-state index contributed by atoms with van der Waals surface area (Å²) in [5.41, 5.74) is 0. The van der Waals surface area contributed by atoms with Crippen molar-refractivity contribution < 1.29 is 9.47 Å². The lowest BCUT2D eigenvalue weighted by molar-refractivity contribution is 0.128. The van der Waals surface area contributed by atoms with Crippen LogP contribution in [0.3, 0.4) is 0 Å². The molecule has 1 saturated heterocycles. The summed E-state index contributed by atoms with van der Waals surface area (Å²) >= 11 is 0. The largest absolute Gasteiger partial charge is 0.481 e. The summed E-state index contributed by atoms with van der Waals surface area (Å²) in [6.45, 7) is 7.02. The molecule has 5 nitrogen and oxygen atoms in total. The number of likely N-dealkylation sites (tertiary alicyclic amines) is 1. The summed E-state index contributed by atoms with van der Waals surface area (Å²) in [6.07, 6.45) is 8.10. The fourth-order valence-corrected chi connectivity index (χ4v) is 2.39. The maximum absolute atomic E-state index is 5.93. The highest BCUT2D eigenvalue weighted by molar-refractivity contribution is 5.11. The number of rotatable bonds is 8. The Morgan fingerprint density at radius 2 is 2.25 bits per heavy atom. The average molecular weight is 277 g/mol. The minimum absolute atomic E-state index is 0.0956. The third-order valence-corrected chi connectivity index (χ3v) is 3.44. The van der Waals surface area contributed by atoms with Gasteiger partial charge in [-0.05, 0) is 38.8 Å². The zero-order valence-corrected chi connectivity index (χ0v) is 12.1. The normalized spacial score (nSPS) is 16.9. The van der Waals surface area contributed by atoms with Crippen molar-refractivity contribution >= 4 is 0 Å². The molecule has 1 unspecified atom stereocenters. The van der Waals surface area contributed by atoms with Crippen LogP contribution >= 0.6 is 0 Å². The Bertz CT molecular complexity index is 419. The van der Waals surface area contributed by atoms with E-state index in [-0.39, 0.29) is 6.10 Å². The molecule has 0 N–H and O–H groups in total. The standard InChI is InChI=1S/C15H23N3O2/c1-3-4-7-13(12-18-10-5-6-11-18)20-15-16-9-8-14(17-15)19-2/h3,8-9,13H,1,4-7,10-12H2,2H3. The number of aromatic nitrogens is 2. The van der Waals surface area contributed by atoms with E-state index < -0.39 is 0 Å². The van der Waals surface area contributed by atoms with E-state index in [0.717, 1.165) is 32.5 Å². The smallest absolute Gasteiger partial charge is 0.319 e. The van der Waals surface area contributed by atoms with Gasteiger partial charge in [-0.2, -0.15) is 4.98 Å². The molecule has 0 saturated carbocycles. The van der Waals surface area contributed by atoms with E-state index in [0.29, 0.717) is 11.9 Å². The lowest BCUT2D eigenvalue weighted by Crippen LogP contribution is -2.34. The van der Waals surface area contributed by atoms with Gasteiger partial charge < -0.3 is 9.47 Å². The summed E-state index contributed by atoms with van der Waals surface area (Å²) in [7, 11) is 1.59. The fourth-order valence-electron chi connectivity index (χ4n) is 2.39. The Balaban J connectivity index is 1.95. The number of methoxy groups -OCH3 is 1. The van der Waals surface area contributed by atoms with Crippen molar-refractivity contribution in [2.45, 2.75) is 31.8 Å². The molecule has 2 heterocycles. The van der Waals surface area contributed by atoms with Crippen molar-refractivity contribution in [2.75, 3.05) is 26.7 Å². The molecule has 1 atom stereocenters. The van der Waals surface area contributed by atoms with Crippen LogP contribution in [0.1, 0.15) is 25.7 Å². The highest BCUT2D eigenvalue weighted by Crippen LogP contribution is 2.16. The van der Waals surface area contributed by atoms with Crippen LogP contribution in [0.5, 0.6) is 11.9 Å². The number of allylic oxidation sites excluding steroid dienone is 1. The van der Waals surface area contributed by atoms with E-state index >= 15 is 0 Å². The summed E-state index contributed by atoms with van der Waals surface area (Å²) in [4.78, 5) is 10.8. The molecular weight excluding hydrogens is 254 g/mol. The molecule has 110 valence electrons. The molecule has 20 heavy (non-hydrogen) atoms. The summed E-state index contributed by atoms with van der Waals surface area (Å²) in [6, 6.07) is 2.10. The summed E-state index contributed by atoms with van der Waals surface area (Å²) in [5, 5.41) is 0. The van der Waals surface area contributed by atoms with Crippen molar-refractivity contribution in [3.8, 4) is 11.9 Å². The quantitative estimate of drug-likeness (QED) is 0.682. The van der Waals surface area contributed by atoms with Gasteiger partial charge >= 0.3 is 6.01 Å². The molecular formula is C15H23N3O2. The molecule has 0 bridgehead atoms. The van der Waals surface area contributed by atoms with Gasteiger partial charge in [-0.3, -0.25) is 4.90 Å². The van der Waals surface area contributed by atoms with E-state index in [2.05, 4.69) is 21.4 Å². The highest BCUT2D eigenvalue weighted by Gasteiger charge is 2.19. The molecule has 0 aromatic carbocycles. The van der Waals surface area contributed by atoms with Crippen molar-refractivity contribution in [3.05, 3.63) is 24.9 Å². The molecule has 0 radical (unpaired) electrons. The Morgan fingerprint density at radius 3 is 2.95 bits per heavy atom. The van der Waals surface area contributed by atoms with Crippen molar-refractivity contribution in [1.29, 1.82) is 0 Å². The van der Waals surface area contributed by atoms with Crippen LogP contribution in [0.25, 0.3) is 0 Å². The predicted molar refractivity (Wildman–Crippen MR) is 78.1 cm³/mol. The number of nitrogens with zero attached hydrogens (tertiary/aromatic N) is 3. The Morgan fingerprint density at radius 1 is 1.45 bits per heavy atom. The maximum atomic E-state index is 5.93. The van der Waals surface area contributed by atoms with Crippen molar-refractivity contribution in [2.24, 2.45) is 0 Å². The van der Waals surface area contributed by atoms with E-state index in [4.69, 9.17) is 9.47 Å². The molecule has 1 aliphatic heterocycles. The lowest BCUT2D eigenvalue weighted by atomic mass is 10.2. The first kappa shape index (κ1) is 14.8. The van der Waals surface area contributed by atoms with E-state index in [1.54, 1.807) is 19.4 Å². The Labute approximate surface area is 120 Å². The Kier molecular flexibility index (Phi) is 5.80. The van der Waals surface area contributed by atoms with Gasteiger partial charge in [0.2, 0.25) is 5.88 Å². The highest BCUT2D eigenvalue weighted by atomic mass is 16.5. The van der Waals surface area contributed by atoms with Crippen LogP contribution in [-0.2, 0) is 0 Å². The second-order valence-electron chi connectivity index (χ2n) is 5.00. The van der Waals surface area contributed by atoms with Crippen LogP contribution in [0.15, 0.2) is 24.9 Å². The molecule has 1 aromatic rings. The first-order valence-corrected chi connectivity index (χ1v) is 7.18. The van der Waals surface area contributed by atoms with E-state index in [1.165, 1.54) is 12.8 Å². The topological polar surface area (TPSA) is 47.5 Å². The van der Waals surface area contributed by atoms with Gasteiger partial charge in [0.05, 0.1) is 7.11 Å². The lowest BCUT2D eigenvalue weighted by Gasteiger charge is -2.23. The fraction of sp³-hybridized carbons (Fsp3) is 0.600. The molecule has 1 aliphatic rings. The predicted octanol–water partition coefficient (Wildman–Crippen LogP) is 2.29. The SMILES string of the molecule is C=CCCC(CN1CCCC1)Oc1nccc(OC)n1. The van der Waals surface area contributed by atoms with Crippen LogP contribution in [0.2, 0.25) is 0 Å². The third-order valence-electron chi connectivity index (χ3n) is 3.44. The summed E-state index contributed by atoms with van der Waals surface area (Å²) < 4.78 is 11.0. The van der Waals surface area contributed by atoms with Crippen LogP contribution < -0.4 is 9.47 Å². The van der Waals surface area contributed by atoms with Gasteiger partial charge in [-0.25, -0.2) is 4.98 Å². The van der Waals surface area contributed by atoms with Crippen molar-refractivity contribution in [1.82, 2.24) is 14.9 Å². The first-order chi connectivity index (χ1) is 9.81. The minimum Gasteiger partial charge on any atom is -0.481 e. The van der Waals surface area contributed by atoms with Crippen molar-refractivity contribution in [3.63, 3.8) is 0 Å². The second kappa shape index (κ2) is 7.85. The zero-order valence-electron chi connectivity index (χ0n) is 12.1. The van der Waals surface area contributed by atoms with Gasteiger partial charge in [0.15, 0.2) is 0 Å². The molecule has 0 aliphatic carbocycles. The van der Waals surface area contributed by atoms with Crippen LogP contribution in [0, 0.1) is 0 Å². The maximum Gasteiger partial charge on any atom is 0.319 e. The van der Waals surface area contributed by atoms with Crippen LogP contribution in [0.4, 0.5) is 0 Å². The second-order valence-corrected chi connectivity index (χ2v) is 5.00. The van der Waals surface area contributed by atoms with E-state index in [9.17, 15) is 0 Å². The number of hydrogen-bond acceptors (Lipinski definition) is 5. The van der Waals surface area contributed by atoms with Gasteiger partial charge in [-0.1, -0.05) is 6.08 Å². The zero-order chi connectivity index (χ0) is 14.2. The monoisotopic (exact) mass is 277 g/mol. The minimum atomic E-state index is 0.0956. The van der Waals surface area contributed by atoms with Crippen LogP contribution in [-0.4, -0.2) is 47.7 Å². The molecule has 1 fully saturated rings. The molecule has 0 spiro atoms.